The summed E-state index contributed by atoms with van der Waals surface area (Å²) in [6.07, 6.45) is 0.504. The van der Waals surface area contributed by atoms with Crippen molar-refractivity contribution in [1.29, 1.82) is 0 Å². The molecule has 16 heavy (non-hydrogen) atoms. The van der Waals surface area contributed by atoms with Crippen LogP contribution in [0.5, 0.6) is 0 Å². The Labute approximate surface area is 99.3 Å². The van der Waals surface area contributed by atoms with Crippen LogP contribution in [-0.2, 0) is 11.2 Å². The van der Waals surface area contributed by atoms with Crippen molar-refractivity contribution < 1.29 is 4.79 Å². The second-order valence-electron chi connectivity index (χ2n) is 4.39. The van der Waals surface area contributed by atoms with Crippen LogP contribution in [0.1, 0.15) is 37.3 Å². The highest BCUT2D eigenvalue weighted by atomic mass is 32.1. The fourth-order valence-corrected chi connectivity index (χ4v) is 2.59. The van der Waals surface area contributed by atoms with E-state index in [-0.39, 0.29) is 5.78 Å². The summed E-state index contributed by atoms with van der Waals surface area (Å²) in [7, 11) is 0. The number of thiazole rings is 1. The van der Waals surface area contributed by atoms with E-state index in [1.165, 1.54) is 4.70 Å². The monoisotopic (exact) mass is 233 g/mol. The Kier molecular flexibility index (Phi) is 3.06. The van der Waals surface area contributed by atoms with Crippen LogP contribution >= 0.6 is 11.3 Å². The number of fused-ring (bicyclic) bond motifs is 1. The van der Waals surface area contributed by atoms with Crippen LogP contribution in [0.25, 0.3) is 10.2 Å². The highest BCUT2D eigenvalue weighted by molar-refractivity contribution is 7.18. The Hall–Kier alpha value is -1.22. The molecular weight excluding hydrogens is 218 g/mol. The van der Waals surface area contributed by atoms with E-state index in [4.69, 9.17) is 0 Å². The van der Waals surface area contributed by atoms with Gasteiger partial charge in [0.05, 0.1) is 15.2 Å². The van der Waals surface area contributed by atoms with Gasteiger partial charge < -0.3 is 0 Å². The van der Waals surface area contributed by atoms with Gasteiger partial charge in [-0.25, -0.2) is 4.98 Å². The fourth-order valence-electron chi connectivity index (χ4n) is 1.64. The summed E-state index contributed by atoms with van der Waals surface area (Å²) >= 11 is 1.74. The van der Waals surface area contributed by atoms with Gasteiger partial charge in [-0.05, 0) is 24.6 Å². The molecule has 0 N–H and O–H groups in total. The molecule has 0 amide bonds. The smallest absolute Gasteiger partial charge is 0.134 e. The zero-order valence-corrected chi connectivity index (χ0v) is 10.6. The molecule has 1 aromatic carbocycles. The zero-order chi connectivity index (χ0) is 11.7. The third kappa shape index (κ3) is 2.30. The number of aromatic nitrogens is 1. The number of benzene rings is 1. The largest absolute Gasteiger partial charge is 0.300 e. The lowest BCUT2D eigenvalue weighted by molar-refractivity contribution is -0.116. The Morgan fingerprint density at radius 2 is 2.19 bits per heavy atom. The molecule has 0 bridgehead atoms. The zero-order valence-electron chi connectivity index (χ0n) is 9.78. The van der Waals surface area contributed by atoms with Gasteiger partial charge in [-0.1, -0.05) is 19.9 Å². The fraction of sp³-hybridized carbons (Fsp3) is 0.385. The van der Waals surface area contributed by atoms with Crippen LogP contribution in [0.4, 0.5) is 0 Å². The Balaban J connectivity index is 2.41. The van der Waals surface area contributed by atoms with E-state index in [0.717, 1.165) is 16.1 Å². The molecule has 1 aromatic heterocycles. The first-order valence-electron chi connectivity index (χ1n) is 5.45. The van der Waals surface area contributed by atoms with Crippen molar-refractivity contribution in [1.82, 2.24) is 4.98 Å². The topological polar surface area (TPSA) is 30.0 Å². The van der Waals surface area contributed by atoms with Crippen molar-refractivity contribution in [2.24, 2.45) is 0 Å². The van der Waals surface area contributed by atoms with Gasteiger partial charge in [-0.15, -0.1) is 11.3 Å². The van der Waals surface area contributed by atoms with E-state index in [1.807, 2.05) is 12.1 Å². The number of Topliss-reactive ketones (excluding diaryl/α,β-unsaturated/α-hetero) is 1. The first-order chi connectivity index (χ1) is 7.56. The van der Waals surface area contributed by atoms with Crippen LogP contribution < -0.4 is 0 Å². The molecule has 0 atom stereocenters. The summed E-state index contributed by atoms with van der Waals surface area (Å²) < 4.78 is 1.20. The van der Waals surface area contributed by atoms with E-state index in [0.29, 0.717) is 12.3 Å². The summed E-state index contributed by atoms with van der Waals surface area (Å²) in [5, 5.41) is 1.16. The van der Waals surface area contributed by atoms with Gasteiger partial charge in [0, 0.05) is 12.3 Å². The number of rotatable bonds is 3. The molecule has 0 fully saturated rings. The summed E-state index contributed by atoms with van der Waals surface area (Å²) in [5.74, 6) is 0.660. The highest BCUT2D eigenvalue weighted by Gasteiger charge is 2.08. The lowest BCUT2D eigenvalue weighted by Gasteiger charge is -1.96. The molecule has 2 aromatic rings. The first-order valence-corrected chi connectivity index (χ1v) is 6.26. The van der Waals surface area contributed by atoms with E-state index >= 15 is 0 Å². The maximum absolute atomic E-state index is 11.0. The summed E-state index contributed by atoms with van der Waals surface area (Å²) in [4.78, 5) is 15.6. The number of hydrogen-bond acceptors (Lipinski definition) is 3. The molecule has 1 heterocycles. The van der Waals surface area contributed by atoms with Gasteiger partial charge in [0.2, 0.25) is 0 Å². The van der Waals surface area contributed by atoms with Crippen LogP contribution in [-0.4, -0.2) is 10.8 Å². The number of ketones is 1. The summed E-state index contributed by atoms with van der Waals surface area (Å²) in [6, 6.07) is 6.11. The molecule has 0 aliphatic rings. The standard InChI is InChI=1S/C13H15NOS/c1-8(2)13-14-11-7-10(6-9(3)15)4-5-12(11)16-13/h4-5,7-8H,6H2,1-3H3. The predicted molar refractivity (Wildman–Crippen MR) is 68.1 cm³/mol. The van der Waals surface area contributed by atoms with Gasteiger partial charge >= 0.3 is 0 Å². The normalized spacial score (nSPS) is 11.2. The van der Waals surface area contributed by atoms with Crippen molar-refractivity contribution in [2.45, 2.75) is 33.1 Å². The van der Waals surface area contributed by atoms with Gasteiger partial charge in [0.15, 0.2) is 0 Å². The molecule has 0 saturated heterocycles. The number of carbonyl (C=O) groups excluding carboxylic acids is 1. The molecule has 84 valence electrons. The lowest BCUT2D eigenvalue weighted by Crippen LogP contribution is -1.95. The molecule has 2 rings (SSSR count). The average molecular weight is 233 g/mol. The van der Waals surface area contributed by atoms with Crippen LogP contribution in [0.2, 0.25) is 0 Å². The van der Waals surface area contributed by atoms with Gasteiger partial charge in [-0.2, -0.15) is 0 Å². The lowest BCUT2D eigenvalue weighted by atomic mass is 10.1. The average Bonchev–Trinajstić information content (AvgIpc) is 2.59. The maximum atomic E-state index is 11.0. The molecule has 2 nitrogen and oxygen atoms in total. The minimum absolute atomic E-state index is 0.193. The Bertz CT molecular complexity index is 528. The number of hydrogen-bond donors (Lipinski definition) is 0. The summed E-state index contributed by atoms with van der Waals surface area (Å²) in [6.45, 7) is 5.91. The molecule has 0 saturated carbocycles. The van der Waals surface area contributed by atoms with E-state index < -0.39 is 0 Å². The van der Waals surface area contributed by atoms with Crippen molar-refractivity contribution >= 4 is 27.3 Å². The molecule has 0 unspecified atom stereocenters. The SMILES string of the molecule is CC(=O)Cc1ccc2sc(C(C)C)nc2c1. The van der Waals surface area contributed by atoms with Crippen molar-refractivity contribution in [3.8, 4) is 0 Å². The summed E-state index contributed by atoms with van der Waals surface area (Å²) in [5.41, 5.74) is 2.08. The minimum Gasteiger partial charge on any atom is -0.300 e. The Morgan fingerprint density at radius 1 is 1.44 bits per heavy atom. The molecule has 3 heteroatoms. The van der Waals surface area contributed by atoms with Crippen molar-refractivity contribution in [2.75, 3.05) is 0 Å². The molecule has 0 aliphatic heterocycles. The van der Waals surface area contributed by atoms with Crippen LogP contribution in [0.3, 0.4) is 0 Å². The van der Waals surface area contributed by atoms with Gasteiger partial charge in [-0.3, -0.25) is 4.79 Å². The van der Waals surface area contributed by atoms with Crippen LogP contribution in [0.15, 0.2) is 18.2 Å². The molecule has 0 aliphatic carbocycles. The van der Waals surface area contributed by atoms with E-state index in [2.05, 4.69) is 24.9 Å². The number of carbonyl (C=O) groups is 1. The van der Waals surface area contributed by atoms with Gasteiger partial charge in [0.25, 0.3) is 0 Å². The maximum Gasteiger partial charge on any atom is 0.134 e. The second-order valence-corrected chi connectivity index (χ2v) is 5.45. The highest BCUT2D eigenvalue weighted by Crippen LogP contribution is 2.27. The second kappa shape index (κ2) is 4.34. The molecular formula is C13H15NOS. The third-order valence-corrected chi connectivity index (χ3v) is 3.75. The van der Waals surface area contributed by atoms with E-state index in [1.54, 1.807) is 18.3 Å². The predicted octanol–water partition coefficient (Wildman–Crippen LogP) is 3.55. The quantitative estimate of drug-likeness (QED) is 0.811. The number of nitrogens with zero attached hydrogens (tertiary/aromatic N) is 1. The third-order valence-electron chi connectivity index (χ3n) is 2.42. The van der Waals surface area contributed by atoms with E-state index in [9.17, 15) is 4.79 Å². The van der Waals surface area contributed by atoms with Crippen molar-refractivity contribution in [3.63, 3.8) is 0 Å². The molecule has 0 radical (unpaired) electrons. The van der Waals surface area contributed by atoms with Crippen molar-refractivity contribution in [3.05, 3.63) is 28.8 Å². The molecule has 0 spiro atoms. The minimum atomic E-state index is 0.193. The van der Waals surface area contributed by atoms with Crippen LogP contribution in [0, 0.1) is 0 Å². The first kappa shape index (κ1) is 11.3. The van der Waals surface area contributed by atoms with Gasteiger partial charge in [0.1, 0.15) is 5.78 Å². The Morgan fingerprint density at radius 3 is 2.81 bits per heavy atom.